The van der Waals surface area contributed by atoms with E-state index in [1.165, 1.54) is 0 Å². The summed E-state index contributed by atoms with van der Waals surface area (Å²) in [6, 6.07) is 5.46. The zero-order valence-corrected chi connectivity index (χ0v) is 13.2. The van der Waals surface area contributed by atoms with Crippen LogP contribution in [0.1, 0.15) is 18.9 Å². The van der Waals surface area contributed by atoms with Crippen molar-refractivity contribution in [3.8, 4) is 0 Å². The Kier molecular flexibility index (Phi) is 7.40. The van der Waals surface area contributed by atoms with E-state index in [0.717, 1.165) is 36.6 Å². The molecule has 0 heterocycles. The molecule has 0 atom stereocenters. The number of hydrogen-bond acceptors (Lipinski definition) is 5. The number of anilines is 1. The highest BCUT2D eigenvalue weighted by Crippen LogP contribution is 2.27. The van der Waals surface area contributed by atoms with Crippen LogP contribution in [0.5, 0.6) is 0 Å². The number of nitro benzene ring substituents is 1. The largest absolute Gasteiger partial charge is 0.380 e. The number of thioether (sulfide) groups is 1. The van der Waals surface area contributed by atoms with Gasteiger partial charge in [-0.3, -0.25) is 10.1 Å². The van der Waals surface area contributed by atoms with Gasteiger partial charge in [0, 0.05) is 30.7 Å². The second kappa shape index (κ2) is 8.81. The van der Waals surface area contributed by atoms with Crippen LogP contribution < -0.4 is 5.32 Å². The molecule has 0 amide bonds. The lowest BCUT2D eigenvalue weighted by molar-refractivity contribution is -0.384. The van der Waals surface area contributed by atoms with E-state index in [1.54, 1.807) is 17.8 Å². The summed E-state index contributed by atoms with van der Waals surface area (Å²) in [5.74, 6) is 1.83. The van der Waals surface area contributed by atoms with Crippen LogP contribution in [0.2, 0.25) is 0 Å². The van der Waals surface area contributed by atoms with Crippen molar-refractivity contribution in [2.45, 2.75) is 19.1 Å². The summed E-state index contributed by atoms with van der Waals surface area (Å²) in [6.45, 7) is 3.80. The lowest BCUT2D eigenvalue weighted by Crippen LogP contribution is -2.14. The van der Waals surface area contributed by atoms with Gasteiger partial charge in [-0.1, -0.05) is 13.0 Å². The zero-order valence-electron chi connectivity index (χ0n) is 12.4. The molecule has 0 aliphatic carbocycles. The molecule has 1 rings (SSSR count). The van der Waals surface area contributed by atoms with Crippen LogP contribution in [-0.2, 0) is 5.75 Å². The van der Waals surface area contributed by atoms with E-state index in [2.05, 4.69) is 10.2 Å². The Morgan fingerprint density at radius 2 is 2.15 bits per heavy atom. The van der Waals surface area contributed by atoms with Crippen LogP contribution >= 0.6 is 11.8 Å². The minimum Gasteiger partial charge on any atom is -0.380 e. The average molecular weight is 297 g/mol. The first-order chi connectivity index (χ1) is 9.54. The maximum atomic E-state index is 11.1. The number of nitro groups is 1. The van der Waals surface area contributed by atoms with Crippen LogP contribution in [0, 0.1) is 10.1 Å². The number of nitrogens with zero attached hydrogens (tertiary/aromatic N) is 2. The molecule has 20 heavy (non-hydrogen) atoms. The van der Waals surface area contributed by atoms with Gasteiger partial charge >= 0.3 is 0 Å². The van der Waals surface area contributed by atoms with Crippen molar-refractivity contribution in [1.82, 2.24) is 4.90 Å². The lowest BCUT2D eigenvalue weighted by Gasteiger charge is -2.10. The molecule has 0 saturated carbocycles. The lowest BCUT2D eigenvalue weighted by atomic mass is 10.2. The SMILES string of the molecule is CCCNc1ccc(CSCCN(C)C)cc1[N+](=O)[O-]. The molecule has 0 fully saturated rings. The Morgan fingerprint density at radius 1 is 1.40 bits per heavy atom. The molecular formula is C14H23N3O2S. The van der Waals surface area contributed by atoms with Gasteiger partial charge in [0.05, 0.1) is 4.92 Å². The Hall–Kier alpha value is -1.27. The summed E-state index contributed by atoms with van der Waals surface area (Å²) in [5.41, 5.74) is 1.78. The van der Waals surface area contributed by atoms with Crippen LogP contribution in [0.15, 0.2) is 18.2 Å². The average Bonchev–Trinajstić information content (AvgIpc) is 2.41. The third kappa shape index (κ3) is 5.79. The molecule has 0 aliphatic rings. The van der Waals surface area contributed by atoms with Crippen LogP contribution in [-0.4, -0.2) is 42.8 Å². The summed E-state index contributed by atoms with van der Waals surface area (Å²) in [5, 5.41) is 14.2. The van der Waals surface area contributed by atoms with Crippen molar-refractivity contribution in [1.29, 1.82) is 0 Å². The predicted molar refractivity (Wildman–Crippen MR) is 86.6 cm³/mol. The first-order valence-electron chi connectivity index (χ1n) is 6.78. The van der Waals surface area contributed by atoms with E-state index < -0.39 is 0 Å². The molecule has 0 unspecified atom stereocenters. The molecule has 0 bridgehead atoms. The molecular weight excluding hydrogens is 274 g/mol. The van der Waals surface area contributed by atoms with Crippen LogP contribution in [0.4, 0.5) is 11.4 Å². The second-order valence-corrected chi connectivity index (χ2v) is 6.00. The van der Waals surface area contributed by atoms with E-state index in [0.29, 0.717) is 5.69 Å². The Balaban J connectivity index is 2.65. The topological polar surface area (TPSA) is 58.4 Å². The minimum atomic E-state index is -0.314. The van der Waals surface area contributed by atoms with E-state index in [1.807, 2.05) is 33.2 Å². The third-order valence-corrected chi connectivity index (χ3v) is 3.78. The van der Waals surface area contributed by atoms with E-state index >= 15 is 0 Å². The maximum absolute atomic E-state index is 11.1. The third-order valence-electron chi connectivity index (χ3n) is 2.78. The standard InChI is InChI=1S/C14H23N3O2S/c1-4-7-15-13-6-5-12(10-14(13)17(18)19)11-20-9-8-16(2)3/h5-6,10,15H,4,7-9,11H2,1-3H3. The van der Waals surface area contributed by atoms with Crippen LogP contribution in [0.25, 0.3) is 0 Å². The van der Waals surface area contributed by atoms with Gasteiger partial charge < -0.3 is 10.2 Å². The summed E-state index contributed by atoms with van der Waals surface area (Å²) in [7, 11) is 4.08. The van der Waals surface area contributed by atoms with Gasteiger partial charge in [-0.05, 0) is 32.1 Å². The molecule has 5 nitrogen and oxygen atoms in total. The van der Waals surface area contributed by atoms with Gasteiger partial charge in [-0.15, -0.1) is 0 Å². The molecule has 1 N–H and O–H groups in total. The number of benzene rings is 1. The van der Waals surface area contributed by atoms with Gasteiger partial charge in [0.2, 0.25) is 0 Å². The highest BCUT2D eigenvalue weighted by Gasteiger charge is 2.14. The van der Waals surface area contributed by atoms with Gasteiger partial charge in [0.15, 0.2) is 0 Å². The van der Waals surface area contributed by atoms with Crippen molar-refractivity contribution >= 4 is 23.1 Å². The fourth-order valence-corrected chi connectivity index (χ4v) is 2.72. The molecule has 1 aromatic carbocycles. The fraction of sp³-hybridized carbons (Fsp3) is 0.571. The molecule has 6 heteroatoms. The van der Waals surface area contributed by atoms with Gasteiger partial charge in [0.25, 0.3) is 5.69 Å². The van der Waals surface area contributed by atoms with Crippen molar-refractivity contribution in [2.24, 2.45) is 0 Å². The summed E-state index contributed by atoms with van der Waals surface area (Å²) in [6.07, 6.45) is 0.944. The normalized spacial score (nSPS) is 10.8. The first kappa shape index (κ1) is 16.8. The number of hydrogen-bond donors (Lipinski definition) is 1. The molecule has 0 spiro atoms. The number of nitrogens with one attached hydrogen (secondary N) is 1. The minimum absolute atomic E-state index is 0.171. The Morgan fingerprint density at radius 3 is 2.75 bits per heavy atom. The summed E-state index contributed by atoms with van der Waals surface area (Å²) < 4.78 is 0. The highest BCUT2D eigenvalue weighted by molar-refractivity contribution is 7.98. The Bertz CT molecular complexity index is 438. The fourth-order valence-electron chi connectivity index (χ4n) is 1.66. The molecule has 0 radical (unpaired) electrons. The summed E-state index contributed by atoms with van der Waals surface area (Å²) in [4.78, 5) is 12.9. The van der Waals surface area contributed by atoms with Crippen molar-refractivity contribution in [3.05, 3.63) is 33.9 Å². The van der Waals surface area contributed by atoms with Crippen molar-refractivity contribution in [3.63, 3.8) is 0 Å². The monoisotopic (exact) mass is 297 g/mol. The quantitative estimate of drug-likeness (QED) is 0.431. The van der Waals surface area contributed by atoms with Crippen molar-refractivity contribution in [2.75, 3.05) is 38.3 Å². The van der Waals surface area contributed by atoms with E-state index in [9.17, 15) is 10.1 Å². The number of rotatable bonds is 9. The van der Waals surface area contributed by atoms with Crippen LogP contribution in [0.3, 0.4) is 0 Å². The molecule has 0 saturated heterocycles. The molecule has 0 aromatic heterocycles. The second-order valence-electron chi connectivity index (χ2n) is 4.89. The predicted octanol–water partition coefficient (Wildman–Crippen LogP) is 3.21. The maximum Gasteiger partial charge on any atom is 0.292 e. The van der Waals surface area contributed by atoms with E-state index in [-0.39, 0.29) is 10.6 Å². The highest BCUT2D eigenvalue weighted by atomic mass is 32.2. The molecule has 1 aromatic rings. The van der Waals surface area contributed by atoms with Gasteiger partial charge in [-0.25, -0.2) is 0 Å². The molecule has 112 valence electrons. The van der Waals surface area contributed by atoms with Gasteiger partial charge in [0.1, 0.15) is 5.69 Å². The van der Waals surface area contributed by atoms with Crippen molar-refractivity contribution < 1.29 is 4.92 Å². The first-order valence-corrected chi connectivity index (χ1v) is 7.93. The molecule has 0 aliphatic heterocycles. The Labute approximate surface area is 124 Å². The summed E-state index contributed by atoms with van der Waals surface area (Å²) >= 11 is 1.79. The van der Waals surface area contributed by atoms with Gasteiger partial charge in [-0.2, -0.15) is 11.8 Å². The smallest absolute Gasteiger partial charge is 0.292 e. The zero-order chi connectivity index (χ0) is 15.0. The van der Waals surface area contributed by atoms with E-state index in [4.69, 9.17) is 0 Å².